The summed E-state index contributed by atoms with van der Waals surface area (Å²) in [5.41, 5.74) is 9.80. The fraction of sp³-hybridized carbons (Fsp3) is 0.350. The molecule has 2 aromatic carbocycles. The maximum absolute atomic E-state index is 12.5. The van der Waals surface area contributed by atoms with Gasteiger partial charge in [-0.25, -0.2) is 0 Å². The molecule has 26 heavy (non-hydrogen) atoms. The molecule has 0 saturated carbocycles. The number of hydrogen-bond donors (Lipinski definition) is 1. The summed E-state index contributed by atoms with van der Waals surface area (Å²) in [4.78, 5) is 16.4. The molecule has 2 aromatic rings. The number of carbonyl (C=O) groups excluding carboxylic acids is 1. The molecule has 0 atom stereocenters. The summed E-state index contributed by atoms with van der Waals surface area (Å²) in [6, 6.07) is 11.4. The number of nitrogens with zero attached hydrogens (tertiary/aromatic N) is 2. The molecule has 0 radical (unpaired) electrons. The fourth-order valence-corrected chi connectivity index (χ4v) is 3.46. The van der Waals surface area contributed by atoms with Gasteiger partial charge in [0.2, 0.25) is 0 Å². The van der Waals surface area contributed by atoms with E-state index in [1.807, 2.05) is 55.1 Å². The van der Waals surface area contributed by atoms with Gasteiger partial charge < -0.3 is 20.3 Å². The van der Waals surface area contributed by atoms with E-state index in [9.17, 15) is 4.79 Å². The van der Waals surface area contributed by atoms with Crippen LogP contribution in [0.3, 0.4) is 0 Å². The van der Waals surface area contributed by atoms with E-state index in [4.69, 9.17) is 22.1 Å². The van der Waals surface area contributed by atoms with Gasteiger partial charge in [-0.15, -0.1) is 0 Å². The number of nitrogen functional groups attached to an aromatic ring is 1. The Bertz CT molecular complexity index is 781. The minimum atomic E-state index is -0.00214. The number of para-hydroxylation sites is 1. The molecule has 3 rings (SSSR count). The van der Waals surface area contributed by atoms with Gasteiger partial charge in [-0.05, 0) is 43.2 Å². The van der Waals surface area contributed by atoms with Gasteiger partial charge in [0, 0.05) is 26.2 Å². The molecule has 0 bridgehead atoms. The first kappa shape index (κ1) is 18.4. The third kappa shape index (κ3) is 3.88. The van der Waals surface area contributed by atoms with Gasteiger partial charge in [-0.1, -0.05) is 29.8 Å². The lowest BCUT2D eigenvalue weighted by Gasteiger charge is -2.37. The summed E-state index contributed by atoms with van der Waals surface area (Å²) in [6.45, 7) is 6.73. The Balaban J connectivity index is 1.56. The predicted molar refractivity (Wildman–Crippen MR) is 106 cm³/mol. The van der Waals surface area contributed by atoms with Crippen LogP contribution in [0.4, 0.5) is 11.4 Å². The number of benzene rings is 2. The van der Waals surface area contributed by atoms with Crippen molar-refractivity contribution in [3.63, 3.8) is 0 Å². The summed E-state index contributed by atoms with van der Waals surface area (Å²) < 4.78 is 5.74. The van der Waals surface area contributed by atoms with E-state index < -0.39 is 0 Å². The van der Waals surface area contributed by atoms with Crippen molar-refractivity contribution < 1.29 is 9.53 Å². The second kappa shape index (κ2) is 7.87. The van der Waals surface area contributed by atoms with Crippen molar-refractivity contribution in [2.24, 2.45) is 0 Å². The molecule has 5 nitrogen and oxygen atoms in total. The molecule has 1 aliphatic rings. The molecule has 1 heterocycles. The smallest absolute Gasteiger partial charge is 0.260 e. The molecule has 0 spiro atoms. The molecule has 1 aliphatic heterocycles. The number of anilines is 2. The summed E-state index contributed by atoms with van der Waals surface area (Å²) in [5, 5.41) is 0.642. The summed E-state index contributed by atoms with van der Waals surface area (Å²) in [5.74, 6) is 0.763. The molecule has 2 N–H and O–H groups in total. The normalized spacial score (nSPS) is 14.4. The molecule has 0 unspecified atom stereocenters. The maximum Gasteiger partial charge on any atom is 0.260 e. The van der Waals surface area contributed by atoms with Gasteiger partial charge >= 0.3 is 0 Å². The first-order valence-corrected chi connectivity index (χ1v) is 9.11. The molecule has 138 valence electrons. The maximum atomic E-state index is 12.5. The van der Waals surface area contributed by atoms with Gasteiger partial charge in [-0.3, -0.25) is 4.79 Å². The van der Waals surface area contributed by atoms with E-state index in [-0.39, 0.29) is 12.5 Å². The van der Waals surface area contributed by atoms with Crippen molar-refractivity contribution in [2.75, 3.05) is 43.4 Å². The Kier molecular flexibility index (Phi) is 5.57. The van der Waals surface area contributed by atoms with Crippen molar-refractivity contribution in [2.45, 2.75) is 13.8 Å². The van der Waals surface area contributed by atoms with E-state index in [0.717, 1.165) is 22.6 Å². The van der Waals surface area contributed by atoms with Crippen LogP contribution in [0.25, 0.3) is 0 Å². The van der Waals surface area contributed by atoms with E-state index in [1.54, 1.807) is 0 Å². The Morgan fingerprint density at radius 1 is 1.12 bits per heavy atom. The van der Waals surface area contributed by atoms with Crippen LogP contribution in [0, 0.1) is 13.8 Å². The van der Waals surface area contributed by atoms with Crippen LogP contribution in [0.5, 0.6) is 5.75 Å². The zero-order valence-electron chi connectivity index (χ0n) is 15.2. The number of ether oxygens (including phenoxy) is 1. The van der Waals surface area contributed by atoms with Crippen molar-refractivity contribution in [1.29, 1.82) is 0 Å². The summed E-state index contributed by atoms with van der Waals surface area (Å²) in [6.07, 6.45) is 0. The lowest BCUT2D eigenvalue weighted by atomic mass is 10.1. The lowest BCUT2D eigenvalue weighted by Crippen LogP contribution is -2.50. The van der Waals surface area contributed by atoms with Crippen LogP contribution in [0.2, 0.25) is 5.02 Å². The highest BCUT2D eigenvalue weighted by Gasteiger charge is 2.24. The second-order valence-electron chi connectivity index (χ2n) is 6.53. The average Bonchev–Trinajstić information content (AvgIpc) is 2.63. The Morgan fingerprint density at radius 3 is 2.50 bits per heavy atom. The summed E-state index contributed by atoms with van der Waals surface area (Å²) in [7, 11) is 0. The average molecular weight is 374 g/mol. The van der Waals surface area contributed by atoms with Gasteiger partial charge in [-0.2, -0.15) is 0 Å². The molecular weight excluding hydrogens is 350 g/mol. The molecular formula is C20H24ClN3O2. The van der Waals surface area contributed by atoms with Gasteiger partial charge in [0.1, 0.15) is 5.75 Å². The third-order valence-electron chi connectivity index (χ3n) is 4.87. The number of hydrogen-bond acceptors (Lipinski definition) is 4. The van der Waals surface area contributed by atoms with Crippen LogP contribution in [-0.2, 0) is 4.79 Å². The first-order chi connectivity index (χ1) is 12.5. The van der Waals surface area contributed by atoms with Crippen molar-refractivity contribution in [1.82, 2.24) is 4.90 Å². The monoisotopic (exact) mass is 373 g/mol. The SMILES string of the molecule is Cc1cccc(OCC(=O)N2CCN(c3c(N)cccc3Cl)CC2)c1C. The Hall–Kier alpha value is -2.40. The molecule has 1 fully saturated rings. The van der Waals surface area contributed by atoms with E-state index in [1.165, 1.54) is 0 Å². The Morgan fingerprint density at radius 2 is 1.81 bits per heavy atom. The van der Waals surface area contributed by atoms with Crippen molar-refractivity contribution >= 4 is 28.9 Å². The topological polar surface area (TPSA) is 58.8 Å². The number of piperazine rings is 1. The van der Waals surface area contributed by atoms with Crippen LogP contribution < -0.4 is 15.4 Å². The van der Waals surface area contributed by atoms with Crippen LogP contribution >= 0.6 is 11.6 Å². The number of aryl methyl sites for hydroxylation is 1. The highest BCUT2D eigenvalue weighted by Crippen LogP contribution is 2.32. The standard InChI is InChI=1S/C20H24ClN3O2/c1-14-5-3-8-18(15(14)2)26-13-19(25)23-9-11-24(12-10-23)20-16(21)6-4-7-17(20)22/h3-8H,9-13,22H2,1-2H3. The first-order valence-electron chi connectivity index (χ1n) is 8.73. The van der Waals surface area contributed by atoms with Gasteiger partial charge in [0.25, 0.3) is 5.91 Å². The quantitative estimate of drug-likeness (QED) is 0.835. The van der Waals surface area contributed by atoms with E-state index >= 15 is 0 Å². The van der Waals surface area contributed by atoms with E-state index in [0.29, 0.717) is 36.9 Å². The third-order valence-corrected chi connectivity index (χ3v) is 5.18. The number of carbonyl (C=O) groups is 1. The minimum Gasteiger partial charge on any atom is -0.483 e. The van der Waals surface area contributed by atoms with E-state index in [2.05, 4.69) is 4.90 Å². The van der Waals surface area contributed by atoms with Gasteiger partial charge in [0.15, 0.2) is 6.61 Å². The highest BCUT2D eigenvalue weighted by atomic mass is 35.5. The van der Waals surface area contributed by atoms with Crippen molar-refractivity contribution in [3.05, 3.63) is 52.5 Å². The number of rotatable bonds is 4. The fourth-order valence-electron chi connectivity index (χ4n) is 3.16. The summed E-state index contributed by atoms with van der Waals surface area (Å²) >= 11 is 6.28. The zero-order chi connectivity index (χ0) is 18.7. The second-order valence-corrected chi connectivity index (χ2v) is 6.94. The number of nitrogens with two attached hydrogens (primary N) is 1. The highest BCUT2D eigenvalue weighted by molar-refractivity contribution is 6.34. The van der Waals surface area contributed by atoms with Crippen LogP contribution in [0.1, 0.15) is 11.1 Å². The molecule has 0 aliphatic carbocycles. The Labute approximate surface area is 159 Å². The number of amides is 1. The molecule has 6 heteroatoms. The molecule has 1 saturated heterocycles. The zero-order valence-corrected chi connectivity index (χ0v) is 15.9. The molecule has 1 amide bonds. The molecule has 0 aromatic heterocycles. The van der Waals surface area contributed by atoms with Crippen LogP contribution in [0.15, 0.2) is 36.4 Å². The largest absolute Gasteiger partial charge is 0.483 e. The predicted octanol–water partition coefficient (Wildman–Crippen LogP) is 3.27. The number of halogens is 1. The lowest BCUT2D eigenvalue weighted by molar-refractivity contribution is -0.133. The van der Waals surface area contributed by atoms with Crippen molar-refractivity contribution in [3.8, 4) is 5.75 Å². The van der Waals surface area contributed by atoms with Crippen LogP contribution in [-0.4, -0.2) is 43.6 Å². The van der Waals surface area contributed by atoms with Gasteiger partial charge in [0.05, 0.1) is 16.4 Å². The minimum absolute atomic E-state index is 0.00214.